The summed E-state index contributed by atoms with van der Waals surface area (Å²) < 4.78 is 0. The maximum absolute atomic E-state index is 12.3. The normalized spacial score (nSPS) is 15.5. The van der Waals surface area contributed by atoms with E-state index in [0.29, 0.717) is 26.2 Å². The number of nitro benzene ring substituents is 1. The van der Waals surface area contributed by atoms with Crippen molar-refractivity contribution in [3.63, 3.8) is 0 Å². The average Bonchev–Trinajstić information content (AvgIpc) is 2.38. The lowest BCUT2D eigenvalue weighted by Gasteiger charge is -2.27. The molecule has 1 heterocycles. The Hall–Kier alpha value is -1.66. The molecular formula is C11H12ClN3O3. The SMILES string of the molecule is O=C(c1c(Cl)cccc1[N+](=O)[O-])N1CCNCC1. The van der Waals surface area contributed by atoms with Crippen LogP contribution in [-0.2, 0) is 0 Å². The maximum atomic E-state index is 12.3. The van der Waals surface area contributed by atoms with Gasteiger partial charge in [0, 0.05) is 32.2 Å². The number of hydrogen-bond donors (Lipinski definition) is 1. The first-order valence-corrected chi connectivity index (χ1v) is 5.92. The summed E-state index contributed by atoms with van der Waals surface area (Å²) in [6.45, 7) is 2.43. The maximum Gasteiger partial charge on any atom is 0.283 e. The number of rotatable bonds is 2. The highest BCUT2D eigenvalue weighted by molar-refractivity contribution is 6.34. The highest BCUT2D eigenvalue weighted by Crippen LogP contribution is 2.27. The van der Waals surface area contributed by atoms with E-state index in [9.17, 15) is 14.9 Å². The molecule has 0 saturated carbocycles. The molecule has 0 unspecified atom stereocenters. The summed E-state index contributed by atoms with van der Waals surface area (Å²) >= 11 is 5.92. The van der Waals surface area contributed by atoms with Gasteiger partial charge in [-0.05, 0) is 6.07 Å². The van der Waals surface area contributed by atoms with Gasteiger partial charge in [-0.1, -0.05) is 17.7 Å². The minimum atomic E-state index is -0.582. The summed E-state index contributed by atoms with van der Waals surface area (Å²) in [6.07, 6.45) is 0. The van der Waals surface area contributed by atoms with Gasteiger partial charge in [0.15, 0.2) is 0 Å². The van der Waals surface area contributed by atoms with E-state index >= 15 is 0 Å². The monoisotopic (exact) mass is 269 g/mol. The van der Waals surface area contributed by atoms with Crippen LogP contribution in [-0.4, -0.2) is 41.9 Å². The third-order valence-electron chi connectivity index (χ3n) is 2.81. The third-order valence-corrected chi connectivity index (χ3v) is 3.12. The van der Waals surface area contributed by atoms with Crippen molar-refractivity contribution in [3.8, 4) is 0 Å². The molecule has 1 saturated heterocycles. The van der Waals surface area contributed by atoms with Crippen molar-refractivity contribution in [2.45, 2.75) is 0 Å². The molecule has 0 bridgehead atoms. The Bertz CT molecular complexity index is 486. The van der Waals surface area contributed by atoms with Gasteiger partial charge in [0.25, 0.3) is 11.6 Å². The van der Waals surface area contributed by atoms with Crippen molar-refractivity contribution in [2.75, 3.05) is 26.2 Å². The highest BCUT2D eigenvalue weighted by Gasteiger charge is 2.27. The van der Waals surface area contributed by atoms with Crippen molar-refractivity contribution in [1.82, 2.24) is 10.2 Å². The molecule has 0 aromatic heterocycles. The highest BCUT2D eigenvalue weighted by atomic mass is 35.5. The largest absolute Gasteiger partial charge is 0.336 e. The molecule has 18 heavy (non-hydrogen) atoms. The second-order valence-corrected chi connectivity index (χ2v) is 4.34. The quantitative estimate of drug-likeness (QED) is 0.648. The van der Waals surface area contributed by atoms with E-state index < -0.39 is 4.92 Å². The van der Waals surface area contributed by atoms with Gasteiger partial charge in [-0.25, -0.2) is 0 Å². The second kappa shape index (κ2) is 5.32. The van der Waals surface area contributed by atoms with E-state index in [1.165, 1.54) is 18.2 Å². The molecule has 96 valence electrons. The van der Waals surface area contributed by atoms with E-state index in [1.807, 2.05) is 0 Å². The van der Waals surface area contributed by atoms with E-state index in [2.05, 4.69) is 5.32 Å². The van der Waals surface area contributed by atoms with Gasteiger partial charge in [0.05, 0.1) is 9.95 Å². The number of piperazine rings is 1. The number of hydrogen-bond acceptors (Lipinski definition) is 4. The van der Waals surface area contributed by atoms with E-state index in [1.54, 1.807) is 4.90 Å². The van der Waals surface area contributed by atoms with Crippen LogP contribution in [0.4, 0.5) is 5.69 Å². The number of benzene rings is 1. The zero-order valence-electron chi connectivity index (χ0n) is 9.56. The van der Waals surface area contributed by atoms with Crippen LogP contribution in [0.25, 0.3) is 0 Å². The molecule has 1 aromatic carbocycles. The van der Waals surface area contributed by atoms with Crippen LogP contribution < -0.4 is 5.32 Å². The van der Waals surface area contributed by atoms with Gasteiger partial charge < -0.3 is 10.2 Å². The number of nitrogens with one attached hydrogen (secondary N) is 1. The van der Waals surface area contributed by atoms with Crippen LogP contribution in [0.2, 0.25) is 5.02 Å². The number of carbonyl (C=O) groups excluding carboxylic acids is 1. The zero-order chi connectivity index (χ0) is 13.1. The van der Waals surface area contributed by atoms with E-state index in [-0.39, 0.29) is 22.2 Å². The van der Waals surface area contributed by atoms with Gasteiger partial charge in [-0.15, -0.1) is 0 Å². The molecule has 0 spiro atoms. The van der Waals surface area contributed by atoms with Crippen molar-refractivity contribution in [2.24, 2.45) is 0 Å². The molecule has 1 N–H and O–H groups in total. The van der Waals surface area contributed by atoms with Gasteiger partial charge in [-0.3, -0.25) is 14.9 Å². The lowest BCUT2D eigenvalue weighted by Crippen LogP contribution is -2.46. The van der Waals surface area contributed by atoms with Crippen LogP contribution in [0, 0.1) is 10.1 Å². The van der Waals surface area contributed by atoms with Crippen LogP contribution in [0.5, 0.6) is 0 Å². The second-order valence-electron chi connectivity index (χ2n) is 3.93. The molecule has 0 aliphatic carbocycles. The third kappa shape index (κ3) is 2.44. The van der Waals surface area contributed by atoms with Crippen molar-refractivity contribution in [1.29, 1.82) is 0 Å². The Kier molecular flexibility index (Phi) is 3.78. The molecule has 1 aliphatic heterocycles. The zero-order valence-corrected chi connectivity index (χ0v) is 10.3. The molecule has 1 aliphatic rings. The fourth-order valence-corrected chi connectivity index (χ4v) is 2.15. The summed E-state index contributed by atoms with van der Waals surface area (Å²) in [5.74, 6) is -0.381. The van der Waals surface area contributed by atoms with Crippen molar-refractivity contribution in [3.05, 3.63) is 38.9 Å². The molecular weight excluding hydrogens is 258 g/mol. The molecule has 7 heteroatoms. The van der Waals surface area contributed by atoms with Crippen LogP contribution >= 0.6 is 11.6 Å². The Morgan fingerprint density at radius 3 is 2.67 bits per heavy atom. The van der Waals surface area contributed by atoms with Crippen molar-refractivity contribution < 1.29 is 9.72 Å². The molecule has 0 atom stereocenters. The van der Waals surface area contributed by atoms with Crippen molar-refractivity contribution >= 4 is 23.2 Å². The number of nitro groups is 1. The first-order chi connectivity index (χ1) is 8.61. The predicted molar refractivity (Wildman–Crippen MR) is 66.9 cm³/mol. The predicted octanol–water partition coefficient (Wildman–Crippen LogP) is 1.29. The molecule has 1 aromatic rings. The van der Waals surface area contributed by atoms with Gasteiger partial charge in [-0.2, -0.15) is 0 Å². The Morgan fingerprint density at radius 2 is 2.06 bits per heavy atom. The Morgan fingerprint density at radius 1 is 1.39 bits per heavy atom. The number of carbonyl (C=O) groups is 1. The number of nitrogens with zero attached hydrogens (tertiary/aromatic N) is 2. The molecule has 0 radical (unpaired) electrons. The lowest BCUT2D eigenvalue weighted by atomic mass is 10.1. The smallest absolute Gasteiger partial charge is 0.283 e. The molecule has 2 rings (SSSR count). The minimum Gasteiger partial charge on any atom is -0.336 e. The average molecular weight is 270 g/mol. The Labute approximate surface area is 109 Å². The van der Waals surface area contributed by atoms with Crippen LogP contribution in [0.15, 0.2) is 18.2 Å². The standard InChI is InChI=1S/C11H12ClN3O3/c12-8-2-1-3-9(15(17)18)10(8)11(16)14-6-4-13-5-7-14/h1-3,13H,4-7H2. The Balaban J connectivity index is 2.36. The van der Waals surface area contributed by atoms with Gasteiger partial charge in [0.2, 0.25) is 0 Å². The fraction of sp³-hybridized carbons (Fsp3) is 0.364. The summed E-state index contributed by atoms with van der Waals surface area (Å²) in [7, 11) is 0. The summed E-state index contributed by atoms with van der Waals surface area (Å²) in [5, 5.41) is 14.2. The molecule has 6 nitrogen and oxygen atoms in total. The summed E-state index contributed by atoms with van der Waals surface area (Å²) in [4.78, 5) is 24.2. The molecule has 1 fully saturated rings. The van der Waals surface area contributed by atoms with Gasteiger partial charge in [0.1, 0.15) is 5.56 Å². The summed E-state index contributed by atoms with van der Waals surface area (Å²) in [5.41, 5.74) is -0.267. The molecule has 1 amide bonds. The fourth-order valence-electron chi connectivity index (χ4n) is 1.90. The first-order valence-electron chi connectivity index (χ1n) is 5.54. The van der Waals surface area contributed by atoms with Crippen LogP contribution in [0.3, 0.4) is 0 Å². The van der Waals surface area contributed by atoms with Gasteiger partial charge >= 0.3 is 0 Å². The topological polar surface area (TPSA) is 75.5 Å². The first kappa shape index (κ1) is 12.8. The van der Waals surface area contributed by atoms with E-state index in [4.69, 9.17) is 11.6 Å². The summed E-state index contributed by atoms with van der Waals surface area (Å²) in [6, 6.07) is 4.25. The minimum absolute atomic E-state index is 0.0222. The number of halogens is 1. The van der Waals surface area contributed by atoms with E-state index in [0.717, 1.165) is 0 Å². The lowest BCUT2D eigenvalue weighted by molar-refractivity contribution is -0.385. The van der Waals surface area contributed by atoms with Crippen LogP contribution in [0.1, 0.15) is 10.4 Å². The number of amides is 1.